The van der Waals surface area contributed by atoms with Gasteiger partial charge in [-0.1, -0.05) is 88.0 Å². The fourth-order valence-corrected chi connectivity index (χ4v) is 5.15. The number of benzene rings is 3. The van der Waals surface area contributed by atoms with E-state index in [0.717, 1.165) is 23.6 Å². The third kappa shape index (κ3) is 7.26. The van der Waals surface area contributed by atoms with Gasteiger partial charge in [-0.2, -0.15) is 0 Å². The van der Waals surface area contributed by atoms with Gasteiger partial charge in [-0.25, -0.2) is 4.39 Å². The van der Waals surface area contributed by atoms with E-state index in [9.17, 15) is 13.2 Å². The Labute approximate surface area is 210 Å². The van der Waals surface area contributed by atoms with Gasteiger partial charge in [0.25, 0.3) is 0 Å². The molecule has 1 nitrogen and oxygen atoms in total. The number of unbranched alkanes of at least 4 members (excludes halogenated alkanes) is 1. The fourth-order valence-electron chi connectivity index (χ4n) is 5.15. The van der Waals surface area contributed by atoms with Gasteiger partial charge in [0.1, 0.15) is 11.6 Å². The van der Waals surface area contributed by atoms with Crippen LogP contribution in [0.25, 0.3) is 10.8 Å². The number of hydrogen-bond acceptors (Lipinski definition) is 1. The van der Waals surface area contributed by atoms with Crippen molar-refractivity contribution in [2.75, 3.05) is 0 Å². The van der Waals surface area contributed by atoms with Crippen LogP contribution in [0.1, 0.15) is 75.0 Å². The zero-order chi connectivity index (χ0) is 25.5. The second kappa shape index (κ2) is 11.8. The Morgan fingerprint density at radius 2 is 1.56 bits per heavy atom. The van der Waals surface area contributed by atoms with Crippen molar-refractivity contribution >= 4 is 10.8 Å². The first kappa shape index (κ1) is 26.1. The predicted molar refractivity (Wildman–Crippen MR) is 136 cm³/mol. The van der Waals surface area contributed by atoms with E-state index in [0.29, 0.717) is 10.9 Å². The molecule has 1 saturated carbocycles. The molecule has 3 aromatic rings. The van der Waals surface area contributed by atoms with Crippen LogP contribution in [-0.4, -0.2) is 6.36 Å². The van der Waals surface area contributed by atoms with E-state index in [2.05, 4.69) is 29.6 Å². The number of fused-ring (bicyclic) bond motifs is 1. The molecule has 0 spiro atoms. The topological polar surface area (TPSA) is 9.23 Å². The van der Waals surface area contributed by atoms with E-state index in [4.69, 9.17) is 0 Å². The minimum Gasteiger partial charge on any atom is -0.406 e. The summed E-state index contributed by atoms with van der Waals surface area (Å²) in [5.74, 6) is 6.63. The number of ether oxygens (including phenoxy) is 1. The van der Waals surface area contributed by atoms with E-state index >= 15 is 4.39 Å². The lowest BCUT2D eigenvalue weighted by molar-refractivity contribution is -0.274. The molecular formula is C31H32F4O. The molecule has 1 aliphatic carbocycles. The van der Waals surface area contributed by atoms with Crippen LogP contribution < -0.4 is 4.74 Å². The zero-order valence-electron chi connectivity index (χ0n) is 20.6. The second-order valence-corrected chi connectivity index (χ2v) is 9.87. The summed E-state index contributed by atoms with van der Waals surface area (Å²) < 4.78 is 55.8. The summed E-state index contributed by atoms with van der Waals surface area (Å²) >= 11 is 0. The normalized spacial score (nSPS) is 18.0. The lowest BCUT2D eigenvalue weighted by Gasteiger charge is -2.28. The number of halogens is 4. The molecule has 0 aliphatic heterocycles. The van der Waals surface area contributed by atoms with Gasteiger partial charge in [-0.3, -0.25) is 0 Å². The number of aryl methyl sites for hydroxylation is 1. The number of rotatable bonds is 7. The minimum atomic E-state index is -4.74. The van der Waals surface area contributed by atoms with E-state index < -0.39 is 6.36 Å². The van der Waals surface area contributed by atoms with E-state index in [1.165, 1.54) is 81.2 Å². The van der Waals surface area contributed by atoms with Crippen molar-refractivity contribution in [3.63, 3.8) is 0 Å². The Morgan fingerprint density at radius 3 is 2.22 bits per heavy atom. The van der Waals surface area contributed by atoms with Crippen LogP contribution in [0, 0.1) is 29.5 Å². The van der Waals surface area contributed by atoms with Crippen LogP contribution >= 0.6 is 0 Å². The summed E-state index contributed by atoms with van der Waals surface area (Å²) in [6.07, 6.45) is 6.86. The zero-order valence-corrected chi connectivity index (χ0v) is 20.6. The highest BCUT2D eigenvalue weighted by molar-refractivity contribution is 5.85. The molecule has 5 heteroatoms. The summed E-state index contributed by atoms with van der Waals surface area (Å²) in [6, 6.07) is 14.7. The maximum absolute atomic E-state index is 15.1. The molecule has 36 heavy (non-hydrogen) atoms. The Bertz CT molecular complexity index is 1210. The largest absolute Gasteiger partial charge is 0.573 e. The van der Waals surface area contributed by atoms with Crippen molar-refractivity contribution in [3.05, 3.63) is 77.1 Å². The molecule has 0 amide bonds. The van der Waals surface area contributed by atoms with E-state index in [-0.39, 0.29) is 17.1 Å². The second-order valence-electron chi connectivity index (χ2n) is 9.87. The van der Waals surface area contributed by atoms with E-state index in [1.54, 1.807) is 6.07 Å². The molecule has 0 heterocycles. The highest BCUT2D eigenvalue weighted by Gasteiger charge is 2.30. The Balaban J connectivity index is 1.37. The average Bonchev–Trinajstić information content (AvgIpc) is 2.86. The van der Waals surface area contributed by atoms with Gasteiger partial charge in [-0.05, 0) is 66.0 Å². The number of alkyl halides is 3. The van der Waals surface area contributed by atoms with Crippen molar-refractivity contribution in [1.29, 1.82) is 0 Å². The molecule has 0 N–H and O–H groups in total. The molecule has 0 aromatic heterocycles. The summed E-state index contributed by atoms with van der Waals surface area (Å²) in [5.41, 5.74) is 1.96. The van der Waals surface area contributed by atoms with Crippen molar-refractivity contribution < 1.29 is 22.3 Å². The van der Waals surface area contributed by atoms with Crippen LogP contribution in [0.5, 0.6) is 5.75 Å². The van der Waals surface area contributed by atoms with Crippen LogP contribution in [0.15, 0.2) is 54.6 Å². The predicted octanol–water partition coefficient (Wildman–Crippen LogP) is 9.21. The molecule has 0 saturated heterocycles. The Morgan fingerprint density at radius 1 is 0.861 bits per heavy atom. The molecule has 0 atom stereocenters. The van der Waals surface area contributed by atoms with Crippen LogP contribution in [0.2, 0.25) is 0 Å². The lowest BCUT2D eigenvalue weighted by atomic mass is 9.78. The molecule has 1 fully saturated rings. The number of hydrogen-bond donors (Lipinski definition) is 0. The first-order valence-corrected chi connectivity index (χ1v) is 12.9. The van der Waals surface area contributed by atoms with Crippen molar-refractivity contribution in [2.24, 2.45) is 11.8 Å². The molecule has 0 unspecified atom stereocenters. The summed E-state index contributed by atoms with van der Waals surface area (Å²) in [4.78, 5) is 0. The van der Waals surface area contributed by atoms with Crippen LogP contribution in [0.4, 0.5) is 17.6 Å². The maximum Gasteiger partial charge on any atom is 0.573 e. The molecule has 0 radical (unpaired) electrons. The molecule has 190 valence electrons. The van der Waals surface area contributed by atoms with Crippen molar-refractivity contribution in [2.45, 2.75) is 71.1 Å². The molecule has 0 bridgehead atoms. The molecule has 1 aliphatic rings. The third-order valence-corrected chi connectivity index (χ3v) is 7.22. The first-order chi connectivity index (χ1) is 17.3. The maximum atomic E-state index is 15.1. The van der Waals surface area contributed by atoms with Crippen molar-refractivity contribution in [1.82, 2.24) is 0 Å². The van der Waals surface area contributed by atoms with Gasteiger partial charge in [0.05, 0.1) is 5.56 Å². The Hall–Kier alpha value is -3.00. The van der Waals surface area contributed by atoms with Gasteiger partial charge in [0, 0.05) is 10.9 Å². The fraction of sp³-hybridized carbons (Fsp3) is 0.419. The highest BCUT2D eigenvalue weighted by atomic mass is 19.4. The molecular weight excluding hydrogens is 464 g/mol. The third-order valence-electron chi connectivity index (χ3n) is 7.22. The highest BCUT2D eigenvalue weighted by Crippen LogP contribution is 2.34. The van der Waals surface area contributed by atoms with Crippen LogP contribution in [-0.2, 0) is 6.42 Å². The van der Waals surface area contributed by atoms with Crippen molar-refractivity contribution in [3.8, 4) is 17.6 Å². The molecule has 3 aromatic carbocycles. The lowest BCUT2D eigenvalue weighted by Crippen LogP contribution is -2.16. The van der Waals surface area contributed by atoms with Gasteiger partial charge in [0.2, 0.25) is 0 Å². The molecule has 4 rings (SSSR count). The van der Waals surface area contributed by atoms with Crippen LogP contribution in [0.3, 0.4) is 0 Å². The smallest absolute Gasteiger partial charge is 0.406 e. The Kier molecular flexibility index (Phi) is 8.56. The first-order valence-electron chi connectivity index (χ1n) is 12.9. The summed E-state index contributed by atoms with van der Waals surface area (Å²) in [6.45, 7) is 2.26. The average molecular weight is 497 g/mol. The van der Waals surface area contributed by atoms with Gasteiger partial charge in [0.15, 0.2) is 0 Å². The van der Waals surface area contributed by atoms with Gasteiger partial charge in [-0.15, -0.1) is 13.2 Å². The van der Waals surface area contributed by atoms with E-state index in [1.807, 2.05) is 18.2 Å². The minimum absolute atomic E-state index is 0.255. The SMILES string of the molecule is CCCCC1CCC(CCc2ccc3c(F)c(C#Cc4ccc(OC(F)(F)F)cc4)ccc3c2)CC1. The standard InChI is InChI=1S/C31H32F4O/c1-2-3-4-22-5-7-23(8-6-22)9-10-25-14-20-29-27(21-25)17-16-26(30(29)32)15-11-24-12-18-28(19-13-24)36-31(33,34)35/h12-14,16-23H,2-10H2,1H3. The van der Waals surface area contributed by atoms with Gasteiger partial charge < -0.3 is 4.74 Å². The summed E-state index contributed by atoms with van der Waals surface area (Å²) in [7, 11) is 0. The summed E-state index contributed by atoms with van der Waals surface area (Å²) in [5, 5.41) is 1.38. The quantitative estimate of drug-likeness (QED) is 0.234. The van der Waals surface area contributed by atoms with Gasteiger partial charge >= 0.3 is 6.36 Å². The monoisotopic (exact) mass is 496 g/mol.